The van der Waals surface area contributed by atoms with Crippen LogP contribution >= 0.6 is 0 Å². The average Bonchev–Trinajstić information content (AvgIpc) is 3.95. The predicted molar refractivity (Wildman–Crippen MR) is 241 cm³/mol. The third-order valence-corrected chi connectivity index (χ3v) is 15.3. The fourth-order valence-electron chi connectivity index (χ4n) is 10.4. The third-order valence-electron chi connectivity index (χ3n) is 13.9. The van der Waals surface area contributed by atoms with E-state index in [0.29, 0.717) is 49.8 Å². The van der Waals surface area contributed by atoms with Gasteiger partial charge in [-0.2, -0.15) is 0 Å². The molecule has 1 spiro atoms. The van der Waals surface area contributed by atoms with Crippen LogP contribution in [0, 0.1) is 21.3 Å². The molecule has 0 bridgehead atoms. The van der Waals surface area contributed by atoms with E-state index in [4.69, 9.17) is 4.74 Å². The second kappa shape index (κ2) is 17.4. The van der Waals surface area contributed by atoms with Gasteiger partial charge in [0.1, 0.15) is 34.3 Å². The molecule has 4 fully saturated rings. The smallest absolute Gasteiger partial charge is 0.293 e. The van der Waals surface area contributed by atoms with Crippen LogP contribution in [0.4, 0.5) is 25.8 Å². The summed E-state index contributed by atoms with van der Waals surface area (Å²) in [5.41, 5.74) is 1.17. The van der Waals surface area contributed by atoms with E-state index in [2.05, 4.69) is 63.6 Å². The number of likely N-dealkylation sites (tertiary alicyclic amines) is 1. The molecular formula is C47H54F2N8O6S. The van der Waals surface area contributed by atoms with Gasteiger partial charge in [-0.05, 0) is 124 Å². The second-order valence-electron chi connectivity index (χ2n) is 18.3. The Morgan fingerprint density at radius 3 is 2.55 bits per heavy atom. The molecule has 3 aliphatic heterocycles. The van der Waals surface area contributed by atoms with E-state index in [9.17, 15) is 23.3 Å². The lowest BCUT2D eigenvalue weighted by Crippen LogP contribution is -2.55. The van der Waals surface area contributed by atoms with Gasteiger partial charge in [0, 0.05) is 55.4 Å². The van der Waals surface area contributed by atoms with Gasteiger partial charge in [0.25, 0.3) is 21.6 Å². The molecule has 17 heteroatoms. The molecule has 5 aromatic rings. The van der Waals surface area contributed by atoms with E-state index in [-0.39, 0.29) is 47.7 Å². The molecule has 0 radical (unpaired) electrons. The summed E-state index contributed by atoms with van der Waals surface area (Å²) in [6.45, 7) is 7.50. The molecule has 14 nitrogen and oxygen atoms in total. The number of nitrogens with zero attached hydrogens (tertiary/aromatic N) is 4. The maximum atomic E-state index is 16.3. The minimum Gasteiger partial charge on any atom is -0.455 e. The minimum absolute atomic E-state index is 0.0728. The monoisotopic (exact) mass is 896 g/mol. The molecule has 5 heterocycles. The fraction of sp³-hybridized carbons (Fsp3) is 0.447. The lowest BCUT2D eigenvalue weighted by molar-refractivity contribution is -0.384. The van der Waals surface area contributed by atoms with Crippen LogP contribution in [0.25, 0.3) is 11.0 Å². The first-order chi connectivity index (χ1) is 30.7. The van der Waals surface area contributed by atoms with Gasteiger partial charge >= 0.3 is 0 Å². The summed E-state index contributed by atoms with van der Waals surface area (Å²) >= 11 is 0. The largest absolute Gasteiger partial charge is 0.455 e. The van der Waals surface area contributed by atoms with Crippen LogP contribution in [-0.2, 0) is 10.0 Å². The summed E-state index contributed by atoms with van der Waals surface area (Å²) < 4.78 is 67.1. The number of ether oxygens (including phenoxy) is 1. The number of piperidine rings is 2. The number of amides is 1. The number of rotatable bonds is 13. The number of H-pyrrole nitrogens is 1. The quantitative estimate of drug-likeness (QED) is 0.0657. The number of sulfonamides is 1. The molecule has 3 aromatic carbocycles. The van der Waals surface area contributed by atoms with Crippen LogP contribution in [0.2, 0.25) is 0 Å². The Morgan fingerprint density at radius 1 is 1.03 bits per heavy atom. The van der Waals surface area contributed by atoms with Gasteiger partial charge in [0.05, 0.1) is 27.3 Å². The van der Waals surface area contributed by atoms with Gasteiger partial charge in [-0.15, -0.1) is 0 Å². The first kappa shape index (κ1) is 43.6. The summed E-state index contributed by atoms with van der Waals surface area (Å²) in [7, 11) is -4.75. The Kier molecular flexibility index (Phi) is 11.8. The Labute approximate surface area is 371 Å². The molecule has 64 heavy (non-hydrogen) atoms. The zero-order valence-corrected chi connectivity index (χ0v) is 36.9. The SMILES string of the molecule is CC(C)c1ccccc1C1CCCN1C1CC2(CCN(c3cc(Oc4cnc5[nH]ccc5c4)c(C(=O)NS(=O)(=O)c4ccc(NCC5(F)CCNCC5)c([N+](=O)[O-])c4)cc3F)CC2)C1. The number of pyridine rings is 1. The number of benzene rings is 3. The van der Waals surface area contributed by atoms with Gasteiger partial charge in [-0.1, -0.05) is 38.1 Å². The number of alkyl halides is 1. The highest BCUT2D eigenvalue weighted by Gasteiger charge is 2.50. The number of aromatic nitrogens is 2. The van der Waals surface area contributed by atoms with Crippen molar-refractivity contribution in [1.82, 2.24) is 24.9 Å². The molecule has 2 aromatic heterocycles. The van der Waals surface area contributed by atoms with Crippen molar-refractivity contribution in [3.05, 3.63) is 112 Å². The zero-order valence-electron chi connectivity index (χ0n) is 36.0. The Hall–Kier alpha value is -5.65. The standard InChI is InChI=1S/C47H54F2N8O6S/c1-30(2)35-6-3-4-7-36(35)40-8-5-19-56(40)32-26-46(27-32)14-20-55(21-15-46)41-25-43(63-33-22-31-11-16-51-44(31)52-28-33)37(24-38(41)48)45(58)54-64(61,62)34-9-10-39(42(23-34)57(59)60)53-29-47(49)12-17-50-18-13-47/h3-4,6-7,9-11,16,22-25,28,30,32,40,50,53H,5,8,12-15,17-21,26-27,29H2,1-2H3,(H,51,52)(H,54,58). The maximum absolute atomic E-state index is 16.3. The molecule has 1 unspecified atom stereocenters. The van der Waals surface area contributed by atoms with E-state index >= 15 is 8.78 Å². The summed E-state index contributed by atoms with van der Waals surface area (Å²) in [6.07, 6.45) is 9.87. The molecule has 1 amide bonds. The van der Waals surface area contributed by atoms with Crippen LogP contribution in [0.3, 0.4) is 0 Å². The first-order valence-electron chi connectivity index (χ1n) is 22.2. The van der Waals surface area contributed by atoms with Crippen molar-refractivity contribution in [2.24, 2.45) is 5.41 Å². The minimum atomic E-state index is -4.75. The molecule has 4 N–H and O–H groups in total. The lowest BCUT2D eigenvalue weighted by Gasteiger charge is -2.56. The molecule has 338 valence electrons. The summed E-state index contributed by atoms with van der Waals surface area (Å²) in [4.78, 5) is 36.7. The first-order valence-corrected chi connectivity index (χ1v) is 23.7. The number of fused-ring (bicyclic) bond motifs is 1. The van der Waals surface area contributed by atoms with E-state index in [1.54, 1.807) is 18.3 Å². The van der Waals surface area contributed by atoms with Crippen molar-refractivity contribution in [3.8, 4) is 11.5 Å². The number of hydrogen-bond donors (Lipinski definition) is 4. The van der Waals surface area contributed by atoms with Crippen molar-refractivity contribution in [1.29, 1.82) is 0 Å². The van der Waals surface area contributed by atoms with Gasteiger partial charge in [0.2, 0.25) is 0 Å². The van der Waals surface area contributed by atoms with Gasteiger partial charge in [-0.25, -0.2) is 26.9 Å². The number of anilines is 2. The maximum Gasteiger partial charge on any atom is 0.293 e. The molecule has 1 atom stereocenters. The van der Waals surface area contributed by atoms with Crippen LogP contribution in [-0.4, -0.2) is 85.1 Å². The zero-order chi connectivity index (χ0) is 44.8. The second-order valence-corrected chi connectivity index (χ2v) is 20.0. The van der Waals surface area contributed by atoms with Gasteiger partial charge < -0.3 is 25.3 Å². The number of carbonyl (C=O) groups excluding carboxylic acids is 1. The van der Waals surface area contributed by atoms with Gasteiger partial charge in [-0.3, -0.25) is 19.8 Å². The number of halogens is 2. The average molecular weight is 897 g/mol. The Morgan fingerprint density at radius 2 is 1.80 bits per heavy atom. The summed E-state index contributed by atoms with van der Waals surface area (Å²) in [6, 6.07) is 18.7. The number of aromatic amines is 1. The molecule has 1 saturated carbocycles. The number of nitrogens with one attached hydrogen (secondary N) is 4. The topological polar surface area (TPSA) is 175 Å². The van der Waals surface area contributed by atoms with Crippen molar-refractivity contribution in [3.63, 3.8) is 0 Å². The lowest BCUT2D eigenvalue weighted by atomic mass is 9.59. The van der Waals surface area contributed by atoms with Crippen molar-refractivity contribution >= 4 is 44.0 Å². The van der Waals surface area contributed by atoms with Crippen molar-refractivity contribution in [2.75, 3.05) is 49.5 Å². The molecule has 3 saturated heterocycles. The van der Waals surface area contributed by atoms with Crippen LogP contribution in [0.1, 0.15) is 98.7 Å². The molecule has 4 aliphatic rings. The highest BCUT2D eigenvalue weighted by molar-refractivity contribution is 7.90. The number of hydrogen-bond acceptors (Lipinski definition) is 11. The van der Waals surface area contributed by atoms with Crippen LogP contribution < -0.4 is 25.0 Å². The number of nitro benzene ring substituents is 1. The highest BCUT2D eigenvalue weighted by atomic mass is 32.2. The molecule has 9 rings (SSSR count). The molecule has 1 aliphatic carbocycles. The summed E-state index contributed by atoms with van der Waals surface area (Å²) in [5.74, 6) is -1.35. The number of nitro groups is 1. The van der Waals surface area contributed by atoms with Gasteiger partial charge in [0.15, 0.2) is 0 Å². The van der Waals surface area contributed by atoms with E-state index in [1.807, 2.05) is 9.62 Å². The highest BCUT2D eigenvalue weighted by Crippen LogP contribution is 2.54. The third kappa shape index (κ3) is 8.76. The Bertz CT molecular complexity index is 2670. The van der Waals surface area contributed by atoms with E-state index < -0.39 is 48.5 Å². The Balaban J connectivity index is 0.924. The normalized spacial score (nSPS) is 20.1. The van der Waals surface area contributed by atoms with Crippen LogP contribution in [0.5, 0.6) is 11.5 Å². The number of carbonyl (C=O) groups is 1. The predicted octanol–water partition coefficient (Wildman–Crippen LogP) is 8.73. The van der Waals surface area contributed by atoms with Crippen molar-refractivity contribution in [2.45, 2.75) is 93.8 Å². The summed E-state index contributed by atoms with van der Waals surface area (Å²) in [5, 5.41) is 18.6. The molecular weight excluding hydrogens is 843 g/mol. The van der Waals surface area contributed by atoms with E-state index in [1.165, 1.54) is 29.8 Å². The van der Waals surface area contributed by atoms with Crippen molar-refractivity contribution < 1.29 is 31.7 Å². The van der Waals surface area contributed by atoms with Crippen LogP contribution in [0.15, 0.2) is 84.0 Å². The van der Waals surface area contributed by atoms with E-state index in [0.717, 1.165) is 68.3 Å². The fourth-order valence-corrected chi connectivity index (χ4v) is 11.4.